The molecule has 0 aromatic heterocycles. The van der Waals surface area contributed by atoms with Crippen LogP contribution in [0.2, 0.25) is 0 Å². The Labute approximate surface area is 138 Å². The van der Waals surface area contributed by atoms with Crippen molar-refractivity contribution in [2.24, 2.45) is 5.92 Å². The molecule has 1 atom stereocenters. The predicted octanol–water partition coefficient (Wildman–Crippen LogP) is 3.20. The number of carbonyl (C=O) groups is 2. The van der Waals surface area contributed by atoms with Crippen molar-refractivity contribution in [1.29, 1.82) is 0 Å². The highest BCUT2D eigenvalue weighted by molar-refractivity contribution is 5.92. The summed E-state index contributed by atoms with van der Waals surface area (Å²) in [5, 5.41) is 0. The zero-order chi connectivity index (χ0) is 16.8. The van der Waals surface area contributed by atoms with E-state index >= 15 is 0 Å². The van der Waals surface area contributed by atoms with E-state index in [4.69, 9.17) is 4.74 Å². The van der Waals surface area contributed by atoms with Crippen LogP contribution in [0.4, 0.5) is 0 Å². The van der Waals surface area contributed by atoms with Crippen LogP contribution in [0.3, 0.4) is 0 Å². The second-order valence-corrected chi connectivity index (χ2v) is 6.12. The third-order valence-electron chi connectivity index (χ3n) is 3.93. The number of rotatable bonds is 7. The molecule has 0 spiro atoms. The number of hydrogen-bond donors (Lipinski definition) is 0. The summed E-state index contributed by atoms with van der Waals surface area (Å²) in [5.74, 6) is -0.579. The molecule has 0 bridgehead atoms. The van der Waals surface area contributed by atoms with Crippen molar-refractivity contribution in [2.75, 3.05) is 13.2 Å². The van der Waals surface area contributed by atoms with Crippen molar-refractivity contribution < 1.29 is 14.3 Å². The van der Waals surface area contributed by atoms with Gasteiger partial charge >= 0.3 is 5.97 Å². The average molecular weight is 315 g/mol. The molecule has 23 heavy (non-hydrogen) atoms. The Morgan fingerprint density at radius 3 is 2.52 bits per heavy atom. The Hall–Kier alpha value is -2.10. The van der Waals surface area contributed by atoms with E-state index in [1.807, 2.05) is 44.2 Å². The first-order chi connectivity index (χ1) is 11.0. The summed E-state index contributed by atoms with van der Waals surface area (Å²) in [5.41, 5.74) is 2.19. The topological polar surface area (TPSA) is 46.6 Å². The monoisotopic (exact) mass is 315 g/mol. The lowest BCUT2D eigenvalue weighted by molar-refractivity contribution is -0.148. The summed E-state index contributed by atoms with van der Waals surface area (Å²) in [6, 6.07) is 8.28. The molecular formula is C19H25NO3. The molecule has 124 valence electrons. The van der Waals surface area contributed by atoms with Crippen molar-refractivity contribution in [3.05, 3.63) is 41.5 Å². The van der Waals surface area contributed by atoms with Gasteiger partial charge in [0.05, 0.1) is 12.5 Å². The van der Waals surface area contributed by atoms with E-state index in [0.29, 0.717) is 13.2 Å². The fourth-order valence-corrected chi connectivity index (χ4v) is 2.40. The average Bonchev–Trinajstić information content (AvgIpc) is 3.36. The number of carbonyl (C=O) groups excluding carboxylic acids is 2. The van der Waals surface area contributed by atoms with E-state index in [1.54, 1.807) is 17.9 Å². The number of nitrogens with zero attached hydrogens (tertiary/aromatic N) is 1. The highest BCUT2D eigenvalue weighted by atomic mass is 16.5. The lowest BCUT2D eigenvalue weighted by atomic mass is 10.1. The van der Waals surface area contributed by atoms with E-state index in [0.717, 1.165) is 18.4 Å². The Kier molecular flexibility index (Phi) is 5.97. The summed E-state index contributed by atoms with van der Waals surface area (Å²) in [6.07, 6.45) is 5.45. The van der Waals surface area contributed by atoms with Crippen LogP contribution in [-0.2, 0) is 14.3 Å². The maximum Gasteiger partial charge on any atom is 0.310 e. The molecule has 1 aliphatic rings. The van der Waals surface area contributed by atoms with Crippen LogP contribution in [0.25, 0.3) is 6.08 Å². The minimum Gasteiger partial charge on any atom is -0.466 e. The summed E-state index contributed by atoms with van der Waals surface area (Å²) in [7, 11) is 0. The summed E-state index contributed by atoms with van der Waals surface area (Å²) in [6.45, 7) is 6.42. The van der Waals surface area contributed by atoms with Gasteiger partial charge in [-0.25, -0.2) is 0 Å². The van der Waals surface area contributed by atoms with Gasteiger partial charge in [0.1, 0.15) is 0 Å². The first-order valence-corrected chi connectivity index (χ1v) is 8.23. The minimum absolute atomic E-state index is 0.0378. The van der Waals surface area contributed by atoms with Gasteiger partial charge in [0.25, 0.3) is 0 Å². The molecule has 1 saturated carbocycles. The highest BCUT2D eigenvalue weighted by Crippen LogP contribution is 2.28. The number of ether oxygens (including phenoxy) is 1. The van der Waals surface area contributed by atoms with E-state index < -0.39 is 0 Å². The van der Waals surface area contributed by atoms with Crippen LogP contribution in [-0.4, -0.2) is 36.0 Å². The van der Waals surface area contributed by atoms with Crippen molar-refractivity contribution in [2.45, 2.75) is 39.7 Å². The zero-order valence-corrected chi connectivity index (χ0v) is 14.1. The van der Waals surface area contributed by atoms with Gasteiger partial charge in [-0.15, -0.1) is 0 Å². The van der Waals surface area contributed by atoms with Gasteiger partial charge in [0, 0.05) is 18.7 Å². The van der Waals surface area contributed by atoms with Crippen molar-refractivity contribution in [3.8, 4) is 0 Å². The van der Waals surface area contributed by atoms with Crippen LogP contribution in [0.1, 0.15) is 37.8 Å². The van der Waals surface area contributed by atoms with Crippen LogP contribution in [0, 0.1) is 12.8 Å². The SMILES string of the molecule is CCOC(=O)C(C)CN(C(=O)/C=C/c1ccc(C)cc1)C1CC1. The second-order valence-electron chi connectivity index (χ2n) is 6.12. The molecule has 1 aliphatic carbocycles. The lowest BCUT2D eigenvalue weighted by Gasteiger charge is -2.23. The molecule has 0 heterocycles. The third kappa shape index (κ3) is 5.23. The van der Waals surface area contributed by atoms with Gasteiger partial charge in [-0.05, 0) is 38.3 Å². The fourth-order valence-electron chi connectivity index (χ4n) is 2.40. The molecule has 4 heteroatoms. The second kappa shape index (κ2) is 7.95. The van der Waals surface area contributed by atoms with E-state index in [-0.39, 0.29) is 23.8 Å². The summed E-state index contributed by atoms with van der Waals surface area (Å²) in [4.78, 5) is 26.0. The van der Waals surface area contributed by atoms with Crippen LogP contribution >= 0.6 is 0 Å². The van der Waals surface area contributed by atoms with Crippen molar-refractivity contribution in [1.82, 2.24) is 4.90 Å². The molecule has 0 aliphatic heterocycles. The number of hydrogen-bond acceptors (Lipinski definition) is 3. The normalized spacial score (nSPS) is 15.4. The summed E-state index contributed by atoms with van der Waals surface area (Å²) < 4.78 is 5.03. The number of benzene rings is 1. The van der Waals surface area contributed by atoms with Crippen molar-refractivity contribution in [3.63, 3.8) is 0 Å². The molecule has 0 saturated heterocycles. The van der Waals surface area contributed by atoms with Gasteiger partial charge in [0.15, 0.2) is 0 Å². The number of amides is 1. The van der Waals surface area contributed by atoms with E-state index in [2.05, 4.69) is 0 Å². The van der Waals surface area contributed by atoms with Crippen LogP contribution < -0.4 is 0 Å². The minimum atomic E-state index is -0.299. The Bertz CT molecular complexity index is 573. The smallest absolute Gasteiger partial charge is 0.310 e. The third-order valence-corrected chi connectivity index (χ3v) is 3.93. The van der Waals surface area contributed by atoms with Gasteiger partial charge < -0.3 is 9.64 Å². The van der Waals surface area contributed by atoms with Gasteiger partial charge in [0.2, 0.25) is 5.91 Å². The predicted molar refractivity (Wildman–Crippen MR) is 90.7 cm³/mol. The van der Waals surface area contributed by atoms with Gasteiger partial charge in [-0.2, -0.15) is 0 Å². The molecular weight excluding hydrogens is 290 g/mol. The van der Waals surface area contributed by atoms with Crippen molar-refractivity contribution >= 4 is 18.0 Å². The largest absolute Gasteiger partial charge is 0.466 e. The van der Waals surface area contributed by atoms with Crippen LogP contribution in [0.15, 0.2) is 30.3 Å². The van der Waals surface area contributed by atoms with E-state index in [1.165, 1.54) is 5.56 Å². The zero-order valence-electron chi connectivity index (χ0n) is 14.1. The van der Waals surface area contributed by atoms with Gasteiger partial charge in [-0.3, -0.25) is 9.59 Å². The standard InChI is InChI=1S/C19H25NO3/c1-4-23-19(22)15(3)13-20(17-10-11-17)18(21)12-9-16-7-5-14(2)6-8-16/h5-9,12,15,17H,4,10-11,13H2,1-3H3/b12-9+. The molecule has 1 amide bonds. The van der Waals surface area contributed by atoms with E-state index in [9.17, 15) is 9.59 Å². The molecule has 1 aromatic rings. The molecule has 1 aromatic carbocycles. The molecule has 0 N–H and O–H groups in total. The molecule has 4 nitrogen and oxygen atoms in total. The Morgan fingerprint density at radius 1 is 1.30 bits per heavy atom. The van der Waals surface area contributed by atoms with Gasteiger partial charge in [-0.1, -0.05) is 36.8 Å². The molecule has 1 fully saturated rings. The first-order valence-electron chi connectivity index (χ1n) is 8.23. The fraction of sp³-hybridized carbons (Fsp3) is 0.474. The molecule has 2 rings (SSSR count). The highest BCUT2D eigenvalue weighted by Gasteiger charge is 2.33. The number of aryl methyl sites for hydroxylation is 1. The quantitative estimate of drug-likeness (QED) is 0.573. The molecule has 1 unspecified atom stereocenters. The maximum absolute atomic E-state index is 12.5. The Morgan fingerprint density at radius 2 is 1.96 bits per heavy atom. The molecule has 0 radical (unpaired) electrons. The Balaban J connectivity index is 1.98. The summed E-state index contributed by atoms with van der Waals surface area (Å²) >= 11 is 0. The van der Waals surface area contributed by atoms with Crippen LogP contribution in [0.5, 0.6) is 0 Å². The number of esters is 1. The maximum atomic E-state index is 12.5. The first kappa shape index (κ1) is 17.3. The lowest BCUT2D eigenvalue weighted by Crippen LogP contribution is -2.38.